The fraction of sp³-hybridized carbons (Fsp3) is 0.778. The second kappa shape index (κ2) is 6.44. The Hall–Kier alpha value is -0.213. The van der Waals surface area contributed by atoms with E-state index in [1.807, 2.05) is 0 Å². The molecule has 1 N–H and O–H groups in total. The van der Waals surface area contributed by atoms with E-state index in [-0.39, 0.29) is 10.5 Å². The number of sulfone groups is 1. The van der Waals surface area contributed by atoms with Gasteiger partial charge in [0.1, 0.15) is 4.21 Å². The zero-order valence-corrected chi connectivity index (χ0v) is 19.3. The van der Waals surface area contributed by atoms with E-state index in [4.69, 9.17) is 4.43 Å². The molecular formula is C18H32O4S2Si. The van der Waals surface area contributed by atoms with E-state index in [0.29, 0.717) is 22.8 Å². The van der Waals surface area contributed by atoms with Crippen molar-refractivity contribution in [1.29, 1.82) is 0 Å². The van der Waals surface area contributed by atoms with Gasteiger partial charge < -0.3 is 9.53 Å². The predicted octanol–water partition coefficient (Wildman–Crippen LogP) is 4.68. The number of fused-ring (bicyclic) bond motifs is 1. The van der Waals surface area contributed by atoms with E-state index < -0.39 is 24.3 Å². The van der Waals surface area contributed by atoms with Crippen molar-refractivity contribution < 1.29 is 18.0 Å². The Labute approximate surface area is 157 Å². The molecule has 1 aliphatic rings. The third-order valence-corrected chi connectivity index (χ3v) is 13.1. The lowest BCUT2D eigenvalue weighted by Crippen LogP contribution is -2.40. The molecule has 0 spiro atoms. The fourth-order valence-electron chi connectivity index (χ4n) is 3.06. The maximum absolute atomic E-state index is 12.3. The Balaban J connectivity index is 2.47. The van der Waals surface area contributed by atoms with Crippen LogP contribution in [0.1, 0.15) is 63.1 Å². The van der Waals surface area contributed by atoms with E-state index in [1.54, 1.807) is 0 Å². The van der Waals surface area contributed by atoms with E-state index in [1.165, 1.54) is 17.6 Å². The first kappa shape index (κ1) is 21.1. The maximum Gasteiger partial charge on any atom is 0.192 e. The standard InChI is InChI=1S/C18H32O4S2Si/c1-17(2,3)25(7,8)22-11-14-12-9-18(4,5)10-13(19)15(12)16(23-14)24(6,20)21/h13,19H,9-11H2,1-8H3. The Bertz CT molecular complexity index is 755. The van der Waals surface area contributed by atoms with Gasteiger partial charge in [0, 0.05) is 16.7 Å². The molecule has 0 saturated carbocycles. The van der Waals surface area contributed by atoms with Gasteiger partial charge in [0.15, 0.2) is 18.2 Å². The maximum atomic E-state index is 12.3. The van der Waals surface area contributed by atoms with Crippen molar-refractivity contribution in [2.24, 2.45) is 5.41 Å². The molecule has 0 fully saturated rings. The highest BCUT2D eigenvalue weighted by molar-refractivity contribution is 7.92. The second-order valence-corrected chi connectivity index (χ2v) is 17.7. The molecule has 1 aromatic rings. The summed E-state index contributed by atoms with van der Waals surface area (Å²) in [5, 5.41) is 10.7. The minimum Gasteiger partial charge on any atom is -0.412 e. The number of aliphatic hydroxyl groups is 1. The van der Waals surface area contributed by atoms with Gasteiger partial charge in [0.05, 0.1) is 12.7 Å². The highest BCUT2D eigenvalue weighted by Crippen LogP contribution is 2.48. The molecule has 1 aliphatic carbocycles. The summed E-state index contributed by atoms with van der Waals surface area (Å²) in [6.45, 7) is 15.6. The van der Waals surface area contributed by atoms with Crippen molar-refractivity contribution in [2.45, 2.75) is 82.5 Å². The highest BCUT2D eigenvalue weighted by Gasteiger charge is 2.40. The zero-order chi connectivity index (χ0) is 19.4. The smallest absolute Gasteiger partial charge is 0.192 e. The van der Waals surface area contributed by atoms with Crippen molar-refractivity contribution in [3.8, 4) is 0 Å². The molecule has 4 nitrogen and oxygen atoms in total. The van der Waals surface area contributed by atoms with E-state index in [9.17, 15) is 13.5 Å². The highest BCUT2D eigenvalue weighted by atomic mass is 32.2. The van der Waals surface area contributed by atoms with Crippen LogP contribution in [0.5, 0.6) is 0 Å². The van der Waals surface area contributed by atoms with Crippen LogP contribution in [-0.2, 0) is 27.3 Å². The molecule has 25 heavy (non-hydrogen) atoms. The van der Waals surface area contributed by atoms with E-state index in [2.05, 4.69) is 47.7 Å². The minimum atomic E-state index is -3.36. The number of aliphatic hydroxyl groups excluding tert-OH is 1. The summed E-state index contributed by atoms with van der Waals surface area (Å²) < 4.78 is 31.2. The molecule has 1 unspecified atom stereocenters. The molecular weight excluding hydrogens is 372 g/mol. The molecule has 0 radical (unpaired) electrons. The number of thiophene rings is 1. The van der Waals surface area contributed by atoms with E-state index in [0.717, 1.165) is 16.9 Å². The van der Waals surface area contributed by atoms with Crippen LogP contribution in [0, 0.1) is 5.41 Å². The van der Waals surface area contributed by atoms with E-state index >= 15 is 0 Å². The largest absolute Gasteiger partial charge is 0.412 e. The van der Waals surface area contributed by atoms with Gasteiger partial charge in [0.25, 0.3) is 0 Å². The van der Waals surface area contributed by atoms with Gasteiger partial charge in [-0.05, 0) is 42.0 Å². The molecule has 2 rings (SSSR count). The molecule has 1 atom stereocenters. The molecule has 1 aromatic heterocycles. The van der Waals surface area contributed by atoms with Crippen LogP contribution in [0.15, 0.2) is 4.21 Å². The number of rotatable bonds is 4. The molecule has 1 heterocycles. The van der Waals surface area contributed by atoms with Crippen molar-refractivity contribution in [1.82, 2.24) is 0 Å². The summed E-state index contributed by atoms with van der Waals surface area (Å²) in [4.78, 5) is 0.965. The molecule has 0 amide bonds. The Morgan fingerprint density at radius 2 is 1.88 bits per heavy atom. The Kier molecular flexibility index (Phi) is 5.43. The van der Waals surface area contributed by atoms with Crippen LogP contribution in [0.4, 0.5) is 0 Å². The van der Waals surface area contributed by atoms with Gasteiger partial charge in [0.2, 0.25) is 0 Å². The lowest BCUT2D eigenvalue weighted by molar-refractivity contribution is 0.0975. The van der Waals surface area contributed by atoms with Crippen molar-refractivity contribution in [3.05, 3.63) is 16.0 Å². The summed E-state index contributed by atoms with van der Waals surface area (Å²) in [5.41, 5.74) is 1.57. The van der Waals surface area contributed by atoms with Gasteiger partial charge in [-0.15, -0.1) is 11.3 Å². The van der Waals surface area contributed by atoms with Gasteiger partial charge in [-0.2, -0.15) is 0 Å². The van der Waals surface area contributed by atoms with Crippen LogP contribution >= 0.6 is 11.3 Å². The van der Waals surface area contributed by atoms with Crippen LogP contribution in [0.25, 0.3) is 0 Å². The third kappa shape index (κ3) is 4.38. The summed E-state index contributed by atoms with van der Waals surface area (Å²) in [6, 6.07) is 0. The molecule has 0 saturated heterocycles. The van der Waals surface area contributed by atoms with Gasteiger partial charge in [-0.25, -0.2) is 8.42 Å². The molecule has 144 valence electrons. The lowest BCUT2D eigenvalue weighted by atomic mass is 9.73. The third-order valence-electron chi connectivity index (χ3n) is 5.54. The van der Waals surface area contributed by atoms with Gasteiger partial charge in [-0.1, -0.05) is 34.6 Å². The van der Waals surface area contributed by atoms with Gasteiger partial charge >= 0.3 is 0 Å². The normalized spacial score (nSPS) is 21.2. The average Bonchev–Trinajstić information content (AvgIpc) is 2.72. The summed E-state index contributed by atoms with van der Waals surface area (Å²) >= 11 is 1.29. The van der Waals surface area contributed by atoms with Crippen LogP contribution in [0.2, 0.25) is 18.1 Å². The van der Waals surface area contributed by atoms with Crippen LogP contribution in [-0.4, -0.2) is 28.1 Å². The average molecular weight is 405 g/mol. The molecule has 0 aliphatic heterocycles. The SMILES string of the molecule is CC1(C)Cc2c(CO[Si](C)(C)C(C)(C)C)sc(S(C)(=O)=O)c2C(O)C1. The van der Waals surface area contributed by atoms with Crippen molar-refractivity contribution in [2.75, 3.05) is 6.26 Å². The zero-order valence-electron chi connectivity index (χ0n) is 16.7. The fourth-order valence-corrected chi connectivity index (χ4v) is 6.69. The second-order valence-electron chi connectivity index (χ2n) is 9.59. The summed E-state index contributed by atoms with van der Waals surface area (Å²) in [7, 11) is -5.29. The quantitative estimate of drug-likeness (QED) is 0.740. The lowest BCUT2D eigenvalue weighted by Gasteiger charge is -2.37. The monoisotopic (exact) mass is 404 g/mol. The Morgan fingerprint density at radius 3 is 2.36 bits per heavy atom. The molecule has 0 bridgehead atoms. The molecule has 7 heteroatoms. The topological polar surface area (TPSA) is 63.6 Å². The first-order valence-corrected chi connectivity index (χ1v) is 14.3. The number of hydrogen-bond acceptors (Lipinski definition) is 5. The first-order valence-electron chi connectivity index (χ1n) is 8.72. The predicted molar refractivity (Wildman–Crippen MR) is 106 cm³/mol. The minimum absolute atomic E-state index is 0.0476. The number of hydrogen-bond donors (Lipinski definition) is 1. The van der Waals surface area contributed by atoms with Crippen molar-refractivity contribution in [3.63, 3.8) is 0 Å². The molecule has 0 aromatic carbocycles. The van der Waals surface area contributed by atoms with Crippen LogP contribution in [0.3, 0.4) is 0 Å². The summed E-state index contributed by atoms with van der Waals surface area (Å²) in [5.74, 6) is 0. The van der Waals surface area contributed by atoms with Crippen LogP contribution < -0.4 is 0 Å². The Morgan fingerprint density at radius 1 is 1.32 bits per heavy atom. The summed E-state index contributed by atoms with van der Waals surface area (Å²) in [6.07, 6.45) is 1.87. The van der Waals surface area contributed by atoms with Gasteiger partial charge in [-0.3, -0.25) is 0 Å². The van der Waals surface area contributed by atoms with Crippen molar-refractivity contribution >= 4 is 29.5 Å². The first-order chi connectivity index (χ1) is 11.1.